The number of fused-ring (bicyclic) bond motifs is 1. The lowest BCUT2D eigenvalue weighted by Crippen LogP contribution is -2.35. The Labute approximate surface area is 180 Å². The molecule has 0 bridgehead atoms. The highest BCUT2D eigenvalue weighted by molar-refractivity contribution is 5.78. The maximum Gasteiger partial charge on any atom is 0.258 e. The van der Waals surface area contributed by atoms with Crippen LogP contribution in [0.15, 0.2) is 48.8 Å². The Balaban J connectivity index is 1.40. The van der Waals surface area contributed by atoms with Gasteiger partial charge in [-0.2, -0.15) is 0 Å². The van der Waals surface area contributed by atoms with Gasteiger partial charge in [0.2, 0.25) is 0 Å². The van der Waals surface area contributed by atoms with E-state index in [0.717, 1.165) is 23.4 Å². The van der Waals surface area contributed by atoms with E-state index in [9.17, 15) is 4.79 Å². The second-order valence-electron chi connectivity index (χ2n) is 7.59. The summed E-state index contributed by atoms with van der Waals surface area (Å²) in [4.78, 5) is 12.6. The van der Waals surface area contributed by atoms with E-state index in [1.54, 1.807) is 12.1 Å². The smallest absolute Gasteiger partial charge is 0.258 e. The van der Waals surface area contributed by atoms with Crippen LogP contribution in [-0.2, 0) is 4.79 Å². The third kappa shape index (κ3) is 5.11. The fraction of sp³-hybridized carbons (Fsp3) is 0.364. The lowest BCUT2D eigenvalue weighted by Gasteiger charge is -2.24. The first-order valence-electron chi connectivity index (χ1n) is 10.3. The number of nitrogens with zero attached hydrogens (tertiary/aromatic N) is 4. The lowest BCUT2D eigenvalue weighted by atomic mass is 9.95. The number of rotatable bonds is 7. The van der Waals surface area contributed by atoms with Crippen molar-refractivity contribution in [2.75, 3.05) is 19.8 Å². The standard InChI is InChI=1S/C22H25N5O4/c1-15(2)22(16-7-8-19-20(11-16)30-10-4-9-29-19)24-21(28)13-31-18-6-3-5-17(12-18)27-14-23-25-26-27/h3,5-8,11-12,14-15,22H,4,9-10,13H2,1-2H3,(H,24,28)/t22-/m0/s1. The molecule has 0 saturated carbocycles. The van der Waals surface area contributed by atoms with Crippen LogP contribution in [0.4, 0.5) is 0 Å². The van der Waals surface area contributed by atoms with Gasteiger partial charge in [0.25, 0.3) is 5.91 Å². The van der Waals surface area contributed by atoms with Gasteiger partial charge < -0.3 is 19.5 Å². The lowest BCUT2D eigenvalue weighted by molar-refractivity contribution is -0.124. The van der Waals surface area contributed by atoms with E-state index in [-0.39, 0.29) is 24.5 Å². The van der Waals surface area contributed by atoms with Crippen molar-refractivity contribution in [3.63, 3.8) is 0 Å². The predicted octanol–water partition coefficient (Wildman–Crippen LogP) is 2.72. The number of aromatic nitrogens is 4. The van der Waals surface area contributed by atoms with Crippen molar-refractivity contribution in [2.45, 2.75) is 26.3 Å². The molecule has 9 heteroatoms. The Kier molecular flexibility index (Phi) is 6.30. The van der Waals surface area contributed by atoms with Gasteiger partial charge in [-0.25, -0.2) is 4.68 Å². The van der Waals surface area contributed by atoms with Gasteiger partial charge >= 0.3 is 0 Å². The third-order valence-electron chi connectivity index (χ3n) is 4.91. The second kappa shape index (κ2) is 9.46. The summed E-state index contributed by atoms with van der Waals surface area (Å²) in [5, 5.41) is 14.2. The van der Waals surface area contributed by atoms with Gasteiger partial charge in [-0.3, -0.25) is 4.79 Å². The van der Waals surface area contributed by atoms with E-state index in [1.807, 2.05) is 30.3 Å². The number of ether oxygens (including phenoxy) is 3. The summed E-state index contributed by atoms with van der Waals surface area (Å²) < 4.78 is 18.7. The molecule has 1 aliphatic rings. The molecule has 0 spiro atoms. The number of hydrogen-bond acceptors (Lipinski definition) is 7. The van der Waals surface area contributed by atoms with Gasteiger partial charge in [0.15, 0.2) is 18.1 Å². The minimum atomic E-state index is -0.210. The first-order valence-corrected chi connectivity index (χ1v) is 10.3. The molecular formula is C22H25N5O4. The van der Waals surface area contributed by atoms with Gasteiger partial charge in [0, 0.05) is 12.5 Å². The van der Waals surface area contributed by atoms with Crippen LogP contribution in [0.3, 0.4) is 0 Å². The van der Waals surface area contributed by atoms with Gasteiger partial charge in [-0.15, -0.1) is 5.10 Å². The van der Waals surface area contributed by atoms with Crippen molar-refractivity contribution in [1.29, 1.82) is 0 Å². The number of carbonyl (C=O) groups excluding carboxylic acids is 1. The maximum atomic E-state index is 12.6. The number of amides is 1. The molecular weight excluding hydrogens is 398 g/mol. The fourth-order valence-electron chi connectivity index (χ4n) is 3.37. The monoisotopic (exact) mass is 423 g/mol. The summed E-state index contributed by atoms with van der Waals surface area (Å²) in [5.41, 5.74) is 1.71. The van der Waals surface area contributed by atoms with E-state index in [2.05, 4.69) is 34.7 Å². The summed E-state index contributed by atoms with van der Waals surface area (Å²) in [7, 11) is 0. The Morgan fingerprint density at radius 3 is 2.77 bits per heavy atom. The first kappa shape index (κ1) is 20.6. The van der Waals surface area contributed by atoms with Crippen LogP contribution in [0.5, 0.6) is 17.2 Å². The molecule has 0 fully saturated rings. The highest BCUT2D eigenvalue weighted by atomic mass is 16.5. The summed E-state index contributed by atoms with van der Waals surface area (Å²) in [6, 6.07) is 12.9. The molecule has 1 aromatic heterocycles. The topological polar surface area (TPSA) is 100 Å². The molecule has 1 aliphatic heterocycles. The minimum Gasteiger partial charge on any atom is -0.490 e. The normalized spacial score (nSPS) is 14.0. The molecule has 2 heterocycles. The summed E-state index contributed by atoms with van der Waals surface area (Å²) in [5.74, 6) is 1.97. The van der Waals surface area contributed by atoms with Crippen LogP contribution in [0.1, 0.15) is 31.9 Å². The first-order chi connectivity index (χ1) is 15.1. The van der Waals surface area contributed by atoms with Gasteiger partial charge in [0.05, 0.1) is 24.9 Å². The molecule has 0 aliphatic carbocycles. The van der Waals surface area contributed by atoms with E-state index in [4.69, 9.17) is 14.2 Å². The van der Waals surface area contributed by atoms with Crippen molar-refractivity contribution in [2.24, 2.45) is 5.92 Å². The zero-order chi connectivity index (χ0) is 21.6. The van der Waals surface area contributed by atoms with Gasteiger partial charge in [0.1, 0.15) is 12.1 Å². The van der Waals surface area contributed by atoms with E-state index in [1.165, 1.54) is 11.0 Å². The number of benzene rings is 2. The Hall–Kier alpha value is -3.62. The number of nitrogens with one attached hydrogen (secondary N) is 1. The number of hydrogen-bond donors (Lipinski definition) is 1. The highest BCUT2D eigenvalue weighted by Crippen LogP contribution is 2.34. The van der Waals surface area contributed by atoms with Crippen LogP contribution in [-0.4, -0.2) is 45.9 Å². The fourth-order valence-corrected chi connectivity index (χ4v) is 3.37. The van der Waals surface area contributed by atoms with Crippen LogP contribution in [0.2, 0.25) is 0 Å². The Morgan fingerprint density at radius 1 is 1.16 bits per heavy atom. The van der Waals surface area contributed by atoms with Crippen LogP contribution in [0.25, 0.3) is 5.69 Å². The average molecular weight is 423 g/mol. The van der Waals surface area contributed by atoms with Crippen LogP contribution >= 0.6 is 0 Å². The Morgan fingerprint density at radius 2 is 2.00 bits per heavy atom. The number of tetrazole rings is 1. The SMILES string of the molecule is CC(C)[C@H](NC(=O)COc1cccc(-n2cnnn2)c1)c1ccc2c(c1)OCCCO2. The number of carbonyl (C=O) groups is 1. The molecule has 0 radical (unpaired) electrons. The molecule has 4 rings (SSSR count). The zero-order valence-electron chi connectivity index (χ0n) is 17.5. The van der Waals surface area contributed by atoms with Crippen molar-refractivity contribution in [1.82, 2.24) is 25.5 Å². The maximum absolute atomic E-state index is 12.6. The second-order valence-corrected chi connectivity index (χ2v) is 7.59. The summed E-state index contributed by atoms with van der Waals surface area (Å²) in [6.07, 6.45) is 2.34. The molecule has 0 saturated heterocycles. The zero-order valence-corrected chi connectivity index (χ0v) is 17.5. The van der Waals surface area contributed by atoms with Crippen LogP contribution in [0, 0.1) is 5.92 Å². The van der Waals surface area contributed by atoms with E-state index in [0.29, 0.717) is 24.7 Å². The van der Waals surface area contributed by atoms with Crippen molar-refractivity contribution < 1.29 is 19.0 Å². The van der Waals surface area contributed by atoms with E-state index >= 15 is 0 Å². The van der Waals surface area contributed by atoms with Gasteiger partial charge in [-0.05, 0) is 46.2 Å². The van der Waals surface area contributed by atoms with Crippen molar-refractivity contribution >= 4 is 5.91 Å². The quantitative estimate of drug-likeness (QED) is 0.624. The molecule has 3 aromatic rings. The molecule has 1 atom stereocenters. The molecule has 1 N–H and O–H groups in total. The van der Waals surface area contributed by atoms with Crippen LogP contribution < -0.4 is 19.5 Å². The summed E-state index contributed by atoms with van der Waals surface area (Å²) >= 11 is 0. The molecule has 31 heavy (non-hydrogen) atoms. The third-order valence-corrected chi connectivity index (χ3v) is 4.91. The molecule has 1 amide bonds. The molecule has 2 aromatic carbocycles. The van der Waals surface area contributed by atoms with Crippen molar-refractivity contribution in [3.8, 4) is 22.9 Å². The Bertz CT molecular complexity index is 1020. The van der Waals surface area contributed by atoms with E-state index < -0.39 is 0 Å². The minimum absolute atomic E-state index is 0.104. The molecule has 0 unspecified atom stereocenters. The highest BCUT2D eigenvalue weighted by Gasteiger charge is 2.21. The summed E-state index contributed by atoms with van der Waals surface area (Å²) in [6.45, 7) is 5.27. The van der Waals surface area contributed by atoms with Crippen molar-refractivity contribution in [3.05, 3.63) is 54.4 Å². The average Bonchev–Trinajstić information content (AvgIpc) is 3.22. The predicted molar refractivity (Wildman–Crippen MR) is 112 cm³/mol. The largest absolute Gasteiger partial charge is 0.490 e. The molecule has 162 valence electrons. The van der Waals surface area contributed by atoms with Gasteiger partial charge in [-0.1, -0.05) is 26.0 Å². The molecule has 9 nitrogen and oxygen atoms in total.